The summed E-state index contributed by atoms with van der Waals surface area (Å²) in [6, 6.07) is 0. The summed E-state index contributed by atoms with van der Waals surface area (Å²) in [6.45, 7) is 7.94. The number of nitrogens with zero attached hydrogens (tertiary/aromatic N) is 2. The largest absolute Gasteiger partial charge is 0.333 e. The van der Waals surface area contributed by atoms with Gasteiger partial charge in [0.2, 0.25) is 5.91 Å². The van der Waals surface area contributed by atoms with Crippen molar-refractivity contribution in [3.63, 3.8) is 0 Å². The van der Waals surface area contributed by atoms with Gasteiger partial charge < -0.3 is 4.90 Å². The Morgan fingerprint density at radius 1 is 1.32 bits per heavy atom. The molecule has 2 aliphatic heterocycles. The quantitative estimate of drug-likeness (QED) is 0.728. The molecule has 2 aliphatic rings. The minimum atomic E-state index is -0.120. The summed E-state index contributed by atoms with van der Waals surface area (Å²) in [6.07, 6.45) is 3.84. The molecule has 2 amide bonds. The Kier molecular flexibility index (Phi) is 3.73. The Morgan fingerprint density at radius 2 is 2.05 bits per heavy atom. The summed E-state index contributed by atoms with van der Waals surface area (Å²) in [4.78, 5) is 25.0. The number of nitrogens with one attached hydrogen (secondary N) is 1. The summed E-state index contributed by atoms with van der Waals surface area (Å²) in [5.41, 5.74) is 4.41. The fourth-order valence-electron chi connectivity index (χ4n) is 2.35. The van der Waals surface area contributed by atoms with Crippen molar-refractivity contribution in [2.24, 2.45) is 10.5 Å². The molecule has 104 valence electrons. The molecule has 5 nitrogen and oxygen atoms in total. The van der Waals surface area contributed by atoms with Crippen molar-refractivity contribution in [2.75, 3.05) is 13.1 Å². The maximum absolute atomic E-state index is 12.2. The number of hydrazone groups is 1. The zero-order chi connectivity index (χ0) is 14.0. The number of carbonyl (C=O) groups is 2. The van der Waals surface area contributed by atoms with Crippen LogP contribution in [0.15, 0.2) is 16.8 Å². The lowest BCUT2D eigenvalue weighted by Gasteiger charge is -2.32. The molecule has 0 saturated carbocycles. The molecule has 5 heteroatoms. The number of hydrogen-bond acceptors (Lipinski definition) is 3. The molecule has 2 heterocycles. The van der Waals surface area contributed by atoms with E-state index < -0.39 is 0 Å². The van der Waals surface area contributed by atoms with Gasteiger partial charge >= 0.3 is 0 Å². The molecule has 0 radical (unpaired) electrons. The van der Waals surface area contributed by atoms with E-state index in [2.05, 4.69) is 37.4 Å². The van der Waals surface area contributed by atoms with Crippen LogP contribution in [0.1, 0.15) is 40.0 Å². The predicted octanol–water partition coefficient (Wildman–Crippen LogP) is 1.46. The molecular formula is C14H21N3O2. The van der Waals surface area contributed by atoms with Crippen molar-refractivity contribution in [3.8, 4) is 0 Å². The fraction of sp³-hybridized carbons (Fsp3) is 0.643. The first-order chi connectivity index (χ1) is 8.88. The summed E-state index contributed by atoms with van der Waals surface area (Å²) >= 11 is 0. The number of carbonyl (C=O) groups excluding carboxylic acids is 2. The third kappa shape index (κ3) is 3.22. The first-order valence-corrected chi connectivity index (χ1v) is 6.72. The summed E-state index contributed by atoms with van der Waals surface area (Å²) in [5, 5.41) is 3.86. The van der Waals surface area contributed by atoms with Crippen LogP contribution in [0.5, 0.6) is 0 Å². The van der Waals surface area contributed by atoms with E-state index in [1.54, 1.807) is 4.90 Å². The molecule has 0 fully saturated rings. The standard InChI is InChI=1S/C14H21N3O2/c1-14(2,3)10-6-8-17(9-7-10)13(19)11-4-5-12(18)16-15-11/h6H,4-5,7-9H2,1-3H3,(H,16,18). The fourth-order valence-corrected chi connectivity index (χ4v) is 2.35. The lowest BCUT2D eigenvalue weighted by atomic mass is 9.83. The third-order valence-electron chi connectivity index (χ3n) is 3.61. The Morgan fingerprint density at radius 3 is 2.53 bits per heavy atom. The van der Waals surface area contributed by atoms with E-state index in [1.165, 1.54) is 5.57 Å². The third-order valence-corrected chi connectivity index (χ3v) is 3.61. The van der Waals surface area contributed by atoms with Crippen LogP contribution >= 0.6 is 0 Å². The molecule has 0 aromatic heterocycles. The van der Waals surface area contributed by atoms with Gasteiger partial charge in [-0.05, 0) is 11.8 Å². The summed E-state index contributed by atoms with van der Waals surface area (Å²) < 4.78 is 0. The smallest absolute Gasteiger partial charge is 0.270 e. The van der Waals surface area contributed by atoms with Gasteiger partial charge in [-0.2, -0.15) is 5.10 Å². The molecule has 0 atom stereocenters. The highest BCUT2D eigenvalue weighted by Crippen LogP contribution is 2.30. The lowest BCUT2D eigenvalue weighted by Crippen LogP contribution is -2.42. The molecule has 0 spiro atoms. The van der Waals surface area contributed by atoms with E-state index in [0.717, 1.165) is 13.0 Å². The second kappa shape index (κ2) is 5.15. The average Bonchev–Trinajstić information content (AvgIpc) is 2.38. The number of rotatable bonds is 1. The normalized spacial score (nSPS) is 20.6. The lowest BCUT2D eigenvalue weighted by molar-refractivity contribution is -0.124. The second-order valence-corrected chi connectivity index (χ2v) is 6.07. The van der Waals surface area contributed by atoms with Crippen LogP contribution in [0.25, 0.3) is 0 Å². The summed E-state index contributed by atoms with van der Waals surface area (Å²) in [5.74, 6) is -0.172. The van der Waals surface area contributed by atoms with E-state index in [-0.39, 0.29) is 17.2 Å². The van der Waals surface area contributed by atoms with Crippen LogP contribution in [0.4, 0.5) is 0 Å². The SMILES string of the molecule is CC(C)(C)C1=CCN(C(=O)C2=NNC(=O)CC2)CC1. The molecule has 0 aromatic rings. The summed E-state index contributed by atoms with van der Waals surface area (Å²) in [7, 11) is 0. The molecule has 1 N–H and O–H groups in total. The molecule has 0 aromatic carbocycles. The van der Waals surface area contributed by atoms with Gasteiger partial charge in [-0.3, -0.25) is 9.59 Å². The Bertz CT molecular complexity index is 458. The topological polar surface area (TPSA) is 61.8 Å². The van der Waals surface area contributed by atoms with Crippen LogP contribution in [-0.4, -0.2) is 35.5 Å². The van der Waals surface area contributed by atoms with Gasteiger partial charge in [0.1, 0.15) is 5.71 Å². The zero-order valence-electron chi connectivity index (χ0n) is 11.8. The molecule has 0 saturated heterocycles. The van der Waals surface area contributed by atoms with Gasteiger partial charge in [0.25, 0.3) is 5.91 Å². The van der Waals surface area contributed by atoms with Gasteiger partial charge in [0.05, 0.1) is 0 Å². The van der Waals surface area contributed by atoms with E-state index in [4.69, 9.17) is 0 Å². The molecule has 0 bridgehead atoms. The van der Waals surface area contributed by atoms with Crippen molar-refractivity contribution in [2.45, 2.75) is 40.0 Å². The minimum absolute atomic E-state index is 0.0517. The highest BCUT2D eigenvalue weighted by Gasteiger charge is 2.27. The number of hydrogen-bond donors (Lipinski definition) is 1. The van der Waals surface area contributed by atoms with Crippen molar-refractivity contribution in [1.29, 1.82) is 0 Å². The van der Waals surface area contributed by atoms with Crippen molar-refractivity contribution in [3.05, 3.63) is 11.6 Å². The predicted molar refractivity (Wildman–Crippen MR) is 73.5 cm³/mol. The molecule has 19 heavy (non-hydrogen) atoms. The van der Waals surface area contributed by atoms with Crippen molar-refractivity contribution in [1.82, 2.24) is 10.3 Å². The van der Waals surface area contributed by atoms with Gasteiger partial charge in [0, 0.05) is 25.9 Å². The van der Waals surface area contributed by atoms with Crippen LogP contribution in [-0.2, 0) is 9.59 Å². The Labute approximate surface area is 113 Å². The van der Waals surface area contributed by atoms with Crippen LogP contribution < -0.4 is 5.43 Å². The number of amides is 2. The average molecular weight is 263 g/mol. The first-order valence-electron chi connectivity index (χ1n) is 6.72. The molecule has 0 unspecified atom stereocenters. The van der Waals surface area contributed by atoms with E-state index in [9.17, 15) is 9.59 Å². The van der Waals surface area contributed by atoms with Crippen LogP contribution in [0.2, 0.25) is 0 Å². The zero-order valence-corrected chi connectivity index (χ0v) is 11.8. The Balaban J connectivity index is 2.00. The highest BCUT2D eigenvalue weighted by atomic mass is 16.2. The maximum Gasteiger partial charge on any atom is 0.270 e. The Hall–Kier alpha value is -1.65. The van der Waals surface area contributed by atoms with E-state index in [0.29, 0.717) is 25.1 Å². The highest BCUT2D eigenvalue weighted by molar-refractivity contribution is 6.39. The molecule has 0 aliphatic carbocycles. The van der Waals surface area contributed by atoms with E-state index >= 15 is 0 Å². The van der Waals surface area contributed by atoms with Gasteiger partial charge in [-0.1, -0.05) is 32.4 Å². The van der Waals surface area contributed by atoms with Gasteiger partial charge in [-0.25, -0.2) is 5.43 Å². The molecule has 2 rings (SSSR count). The maximum atomic E-state index is 12.2. The van der Waals surface area contributed by atoms with Crippen LogP contribution in [0, 0.1) is 5.41 Å². The van der Waals surface area contributed by atoms with Gasteiger partial charge in [0.15, 0.2) is 0 Å². The minimum Gasteiger partial charge on any atom is -0.333 e. The van der Waals surface area contributed by atoms with E-state index in [1.807, 2.05) is 0 Å². The molecular weight excluding hydrogens is 242 g/mol. The monoisotopic (exact) mass is 263 g/mol. The first kappa shape index (κ1) is 13.8. The van der Waals surface area contributed by atoms with Crippen molar-refractivity contribution >= 4 is 17.5 Å². The van der Waals surface area contributed by atoms with Crippen molar-refractivity contribution < 1.29 is 9.59 Å². The van der Waals surface area contributed by atoms with Gasteiger partial charge in [-0.15, -0.1) is 0 Å². The second-order valence-electron chi connectivity index (χ2n) is 6.07. The van der Waals surface area contributed by atoms with Crippen LogP contribution in [0.3, 0.4) is 0 Å².